The number of hydrogen-bond acceptors (Lipinski definition) is 3. The standard InChI is InChI=1S/C21H24N2O3/c1-15(23-13-11-17(12-14-23)21(25)26)20(24)22-19-10-6-5-9-18(19)16-7-3-2-4-8-16/h2-10,15,17H,11-14H2,1H3,(H,22,24)(H,25,26). The number of anilines is 1. The molecule has 5 nitrogen and oxygen atoms in total. The van der Waals surface area contributed by atoms with Gasteiger partial charge in [0.2, 0.25) is 5.91 Å². The van der Waals surface area contributed by atoms with E-state index in [9.17, 15) is 9.59 Å². The SMILES string of the molecule is CC(C(=O)Nc1ccccc1-c1ccccc1)N1CCC(C(=O)O)CC1. The maximum absolute atomic E-state index is 12.7. The molecule has 0 radical (unpaired) electrons. The maximum Gasteiger partial charge on any atom is 0.306 e. The highest BCUT2D eigenvalue weighted by Crippen LogP contribution is 2.28. The second-order valence-corrected chi connectivity index (χ2v) is 6.73. The summed E-state index contributed by atoms with van der Waals surface area (Å²) in [5.74, 6) is -1.10. The third-order valence-electron chi connectivity index (χ3n) is 5.08. The van der Waals surface area contributed by atoms with Gasteiger partial charge in [-0.3, -0.25) is 14.5 Å². The lowest BCUT2D eigenvalue weighted by atomic mass is 9.96. The highest BCUT2D eigenvalue weighted by Gasteiger charge is 2.29. The fourth-order valence-electron chi connectivity index (χ4n) is 3.40. The quantitative estimate of drug-likeness (QED) is 0.864. The minimum absolute atomic E-state index is 0.0674. The number of carboxylic acids is 1. The van der Waals surface area contributed by atoms with E-state index in [1.165, 1.54) is 0 Å². The molecule has 1 aliphatic heterocycles. The van der Waals surface area contributed by atoms with Gasteiger partial charge in [0.05, 0.1) is 12.0 Å². The lowest BCUT2D eigenvalue weighted by Crippen LogP contribution is -2.47. The number of hydrogen-bond donors (Lipinski definition) is 2. The van der Waals surface area contributed by atoms with Crippen LogP contribution in [0.3, 0.4) is 0 Å². The van der Waals surface area contributed by atoms with Crippen LogP contribution in [0.4, 0.5) is 5.69 Å². The van der Waals surface area contributed by atoms with E-state index in [0.717, 1.165) is 16.8 Å². The highest BCUT2D eigenvalue weighted by atomic mass is 16.4. The highest BCUT2D eigenvalue weighted by molar-refractivity contribution is 5.98. The summed E-state index contributed by atoms with van der Waals surface area (Å²) in [7, 11) is 0. The summed E-state index contributed by atoms with van der Waals surface area (Å²) in [4.78, 5) is 25.9. The average Bonchev–Trinajstić information content (AvgIpc) is 2.68. The molecule has 136 valence electrons. The Morgan fingerprint density at radius 3 is 2.31 bits per heavy atom. The molecule has 1 heterocycles. The van der Waals surface area contributed by atoms with Crippen molar-refractivity contribution in [2.75, 3.05) is 18.4 Å². The molecule has 0 spiro atoms. The number of likely N-dealkylation sites (tertiary alicyclic amines) is 1. The molecule has 1 aliphatic rings. The molecule has 0 bridgehead atoms. The van der Waals surface area contributed by atoms with Gasteiger partial charge in [-0.2, -0.15) is 0 Å². The van der Waals surface area contributed by atoms with E-state index in [1.807, 2.05) is 61.5 Å². The van der Waals surface area contributed by atoms with Crippen LogP contribution < -0.4 is 5.32 Å². The summed E-state index contributed by atoms with van der Waals surface area (Å²) in [6.07, 6.45) is 1.18. The Morgan fingerprint density at radius 1 is 1.04 bits per heavy atom. The molecule has 3 rings (SSSR count). The third-order valence-corrected chi connectivity index (χ3v) is 5.08. The van der Waals surface area contributed by atoms with Gasteiger partial charge in [-0.15, -0.1) is 0 Å². The van der Waals surface area contributed by atoms with Crippen molar-refractivity contribution in [3.63, 3.8) is 0 Å². The summed E-state index contributed by atoms with van der Waals surface area (Å²) >= 11 is 0. The van der Waals surface area contributed by atoms with Crippen LogP contribution in [0.5, 0.6) is 0 Å². The Bertz CT molecular complexity index is 768. The van der Waals surface area contributed by atoms with Gasteiger partial charge in [0.15, 0.2) is 0 Å². The fourth-order valence-corrected chi connectivity index (χ4v) is 3.40. The lowest BCUT2D eigenvalue weighted by Gasteiger charge is -2.34. The number of carbonyl (C=O) groups excluding carboxylic acids is 1. The van der Waals surface area contributed by atoms with Crippen molar-refractivity contribution in [1.82, 2.24) is 4.90 Å². The van der Waals surface area contributed by atoms with Crippen LogP contribution in [-0.2, 0) is 9.59 Å². The molecule has 0 aliphatic carbocycles. The molecule has 1 atom stereocenters. The third kappa shape index (κ3) is 4.11. The van der Waals surface area contributed by atoms with Gasteiger partial charge in [0.1, 0.15) is 0 Å². The average molecular weight is 352 g/mol. The van der Waals surface area contributed by atoms with Crippen LogP contribution >= 0.6 is 0 Å². The fraction of sp³-hybridized carbons (Fsp3) is 0.333. The molecule has 0 aromatic heterocycles. The molecule has 1 saturated heterocycles. The van der Waals surface area contributed by atoms with Crippen molar-refractivity contribution in [1.29, 1.82) is 0 Å². The van der Waals surface area contributed by atoms with Crippen molar-refractivity contribution >= 4 is 17.6 Å². The Balaban J connectivity index is 1.68. The van der Waals surface area contributed by atoms with Crippen molar-refractivity contribution in [3.05, 3.63) is 54.6 Å². The molecule has 1 unspecified atom stereocenters. The van der Waals surface area contributed by atoms with Crippen molar-refractivity contribution in [2.24, 2.45) is 5.92 Å². The smallest absolute Gasteiger partial charge is 0.306 e. The number of para-hydroxylation sites is 1. The van der Waals surface area contributed by atoms with Gasteiger partial charge in [0.25, 0.3) is 0 Å². The summed E-state index contributed by atoms with van der Waals surface area (Å²) in [6.45, 7) is 3.14. The van der Waals surface area contributed by atoms with Gasteiger partial charge in [0, 0.05) is 11.3 Å². The van der Waals surface area contributed by atoms with Crippen LogP contribution in [0.2, 0.25) is 0 Å². The first-order valence-corrected chi connectivity index (χ1v) is 8.98. The second kappa shape index (κ2) is 8.15. The van der Waals surface area contributed by atoms with E-state index >= 15 is 0 Å². The number of amides is 1. The maximum atomic E-state index is 12.7. The number of benzene rings is 2. The molecule has 2 aromatic carbocycles. The summed E-state index contributed by atoms with van der Waals surface area (Å²) < 4.78 is 0. The van der Waals surface area contributed by atoms with Gasteiger partial charge in [-0.1, -0.05) is 48.5 Å². The molecule has 5 heteroatoms. The van der Waals surface area contributed by atoms with E-state index in [4.69, 9.17) is 5.11 Å². The Hall–Kier alpha value is -2.66. The number of carbonyl (C=O) groups is 2. The van der Waals surface area contributed by atoms with Crippen LogP contribution in [0.15, 0.2) is 54.6 Å². The van der Waals surface area contributed by atoms with Crippen LogP contribution in [0.25, 0.3) is 11.1 Å². The largest absolute Gasteiger partial charge is 0.481 e. The number of piperidine rings is 1. The summed E-state index contributed by atoms with van der Waals surface area (Å²) in [6, 6.07) is 17.4. The predicted octanol–water partition coefficient (Wildman–Crippen LogP) is 3.48. The van der Waals surface area contributed by atoms with Crippen LogP contribution in [0, 0.1) is 5.92 Å². The lowest BCUT2D eigenvalue weighted by molar-refractivity contribution is -0.143. The van der Waals surface area contributed by atoms with Crippen LogP contribution in [-0.4, -0.2) is 41.0 Å². The van der Waals surface area contributed by atoms with E-state index in [1.54, 1.807) is 0 Å². The molecule has 1 fully saturated rings. The van der Waals surface area contributed by atoms with Crippen molar-refractivity contribution in [2.45, 2.75) is 25.8 Å². The normalized spacial score (nSPS) is 16.8. The Morgan fingerprint density at radius 2 is 1.65 bits per heavy atom. The molecular formula is C21H24N2O3. The number of aliphatic carboxylic acids is 1. The first-order chi connectivity index (χ1) is 12.6. The number of carboxylic acid groups (broad SMARTS) is 1. The van der Waals surface area contributed by atoms with E-state index in [0.29, 0.717) is 25.9 Å². The van der Waals surface area contributed by atoms with Crippen LogP contribution in [0.1, 0.15) is 19.8 Å². The van der Waals surface area contributed by atoms with E-state index < -0.39 is 5.97 Å². The number of rotatable bonds is 5. The molecule has 0 saturated carbocycles. The van der Waals surface area contributed by atoms with Crippen molar-refractivity contribution < 1.29 is 14.7 Å². The zero-order valence-corrected chi connectivity index (χ0v) is 14.9. The zero-order valence-electron chi connectivity index (χ0n) is 14.9. The topological polar surface area (TPSA) is 69.6 Å². The molecule has 2 N–H and O–H groups in total. The Kier molecular flexibility index (Phi) is 5.68. The van der Waals surface area contributed by atoms with Gasteiger partial charge >= 0.3 is 5.97 Å². The molecule has 26 heavy (non-hydrogen) atoms. The van der Waals surface area contributed by atoms with Gasteiger partial charge in [-0.05, 0) is 44.5 Å². The first kappa shape index (κ1) is 18.1. The van der Waals surface area contributed by atoms with E-state index in [2.05, 4.69) is 10.2 Å². The molecule has 2 aromatic rings. The van der Waals surface area contributed by atoms with Gasteiger partial charge < -0.3 is 10.4 Å². The monoisotopic (exact) mass is 352 g/mol. The molecule has 1 amide bonds. The minimum atomic E-state index is -0.737. The minimum Gasteiger partial charge on any atom is -0.481 e. The first-order valence-electron chi connectivity index (χ1n) is 8.98. The zero-order chi connectivity index (χ0) is 18.5. The predicted molar refractivity (Wildman–Crippen MR) is 102 cm³/mol. The molecular weight excluding hydrogens is 328 g/mol. The summed E-state index contributed by atoms with van der Waals surface area (Å²) in [5.41, 5.74) is 2.83. The van der Waals surface area contributed by atoms with Crippen molar-refractivity contribution in [3.8, 4) is 11.1 Å². The van der Waals surface area contributed by atoms with Gasteiger partial charge in [-0.25, -0.2) is 0 Å². The number of nitrogens with zero attached hydrogens (tertiary/aromatic N) is 1. The second-order valence-electron chi connectivity index (χ2n) is 6.73. The summed E-state index contributed by atoms with van der Waals surface area (Å²) in [5, 5.41) is 12.2. The Labute approximate surface area is 153 Å². The number of nitrogens with one attached hydrogen (secondary N) is 1. The van der Waals surface area contributed by atoms with E-state index in [-0.39, 0.29) is 17.9 Å².